The highest BCUT2D eigenvalue weighted by Crippen LogP contribution is 2.34. The van der Waals surface area contributed by atoms with Crippen molar-refractivity contribution in [2.24, 2.45) is 0 Å². The van der Waals surface area contributed by atoms with E-state index in [0.717, 1.165) is 44.3 Å². The van der Waals surface area contributed by atoms with Gasteiger partial charge in [-0.25, -0.2) is 0 Å². The summed E-state index contributed by atoms with van der Waals surface area (Å²) in [4.78, 5) is 41.6. The molecule has 156 valence electrons. The number of fused-ring (bicyclic) bond motifs is 1. The van der Waals surface area contributed by atoms with E-state index in [-0.39, 0.29) is 30.7 Å². The molecule has 1 aromatic rings. The van der Waals surface area contributed by atoms with E-state index in [9.17, 15) is 14.4 Å². The lowest BCUT2D eigenvalue weighted by molar-refractivity contribution is -0.140. The van der Waals surface area contributed by atoms with Crippen molar-refractivity contribution >= 4 is 17.7 Å². The lowest BCUT2D eigenvalue weighted by Crippen LogP contribution is -2.56. The number of benzene rings is 1. The minimum atomic E-state index is -0.893. The van der Waals surface area contributed by atoms with Gasteiger partial charge in [-0.2, -0.15) is 0 Å². The Labute approximate surface area is 171 Å². The van der Waals surface area contributed by atoms with Gasteiger partial charge in [-0.15, -0.1) is 0 Å². The van der Waals surface area contributed by atoms with Crippen molar-refractivity contribution in [1.29, 1.82) is 0 Å². The number of carbonyl (C=O) groups is 3. The summed E-state index contributed by atoms with van der Waals surface area (Å²) in [6.07, 6.45) is 5.49. The molecule has 0 aliphatic carbocycles. The van der Waals surface area contributed by atoms with Crippen molar-refractivity contribution in [2.75, 3.05) is 26.2 Å². The molecule has 0 aromatic heterocycles. The third-order valence-corrected chi connectivity index (χ3v) is 6.19. The van der Waals surface area contributed by atoms with Crippen LogP contribution in [0.1, 0.15) is 60.9 Å². The lowest BCUT2D eigenvalue weighted by atomic mass is 9.99. The molecule has 2 fully saturated rings. The standard InChI is InChI=1S/C22H29N3O4/c1-16-6-7-18-17(14-16)21(28)23-22(29-18)9-8-19(26)25(13-10-22)15-20(27)24-11-4-2-3-5-12-24/h6-7,14H,2-5,8-13,15H2,1H3,(H,23,28)/t22-/m0/s1. The number of nitrogens with one attached hydrogen (secondary N) is 1. The number of amides is 3. The van der Waals surface area contributed by atoms with Gasteiger partial charge >= 0.3 is 0 Å². The number of ether oxygens (including phenoxy) is 1. The second-order valence-corrected chi connectivity index (χ2v) is 8.41. The molecule has 3 aliphatic heterocycles. The van der Waals surface area contributed by atoms with E-state index < -0.39 is 5.72 Å². The number of likely N-dealkylation sites (tertiary alicyclic amines) is 2. The van der Waals surface area contributed by atoms with Crippen LogP contribution in [0.3, 0.4) is 0 Å². The predicted octanol–water partition coefficient (Wildman–Crippen LogP) is 2.23. The molecule has 3 aliphatic rings. The zero-order valence-corrected chi connectivity index (χ0v) is 17.0. The molecule has 0 unspecified atom stereocenters. The third-order valence-electron chi connectivity index (χ3n) is 6.19. The van der Waals surface area contributed by atoms with E-state index in [2.05, 4.69) is 5.32 Å². The molecule has 1 N–H and O–H groups in total. The molecular weight excluding hydrogens is 370 g/mol. The van der Waals surface area contributed by atoms with Crippen LogP contribution in [-0.4, -0.2) is 59.4 Å². The first kappa shape index (κ1) is 19.7. The van der Waals surface area contributed by atoms with Crippen LogP contribution < -0.4 is 10.1 Å². The molecule has 0 bridgehead atoms. The molecule has 1 spiro atoms. The van der Waals surface area contributed by atoms with Crippen LogP contribution in [0.15, 0.2) is 18.2 Å². The number of nitrogens with zero attached hydrogens (tertiary/aromatic N) is 2. The second kappa shape index (κ2) is 8.05. The van der Waals surface area contributed by atoms with Crippen LogP contribution in [0.4, 0.5) is 0 Å². The topological polar surface area (TPSA) is 79.0 Å². The van der Waals surface area contributed by atoms with Gasteiger partial charge in [0.25, 0.3) is 5.91 Å². The number of hydrogen-bond acceptors (Lipinski definition) is 4. The summed E-state index contributed by atoms with van der Waals surface area (Å²) in [6, 6.07) is 5.54. The molecular formula is C22H29N3O4. The fraction of sp³-hybridized carbons (Fsp3) is 0.591. The van der Waals surface area contributed by atoms with E-state index in [0.29, 0.717) is 30.7 Å². The fourth-order valence-corrected chi connectivity index (χ4v) is 4.43. The Bertz CT molecular complexity index is 816. The Hall–Kier alpha value is -2.57. The monoisotopic (exact) mass is 399 g/mol. The van der Waals surface area contributed by atoms with Crippen molar-refractivity contribution < 1.29 is 19.1 Å². The second-order valence-electron chi connectivity index (χ2n) is 8.41. The normalized spacial score (nSPS) is 25.0. The van der Waals surface area contributed by atoms with Crippen LogP contribution in [0.5, 0.6) is 5.75 Å². The van der Waals surface area contributed by atoms with Crippen molar-refractivity contribution in [3.05, 3.63) is 29.3 Å². The van der Waals surface area contributed by atoms with Gasteiger partial charge in [0.2, 0.25) is 11.8 Å². The largest absolute Gasteiger partial charge is 0.467 e. The maximum absolute atomic E-state index is 12.7. The minimum Gasteiger partial charge on any atom is -0.467 e. The summed E-state index contributed by atoms with van der Waals surface area (Å²) in [5.41, 5.74) is 0.627. The van der Waals surface area contributed by atoms with Crippen molar-refractivity contribution in [2.45, 2.75) is 57.6 Å². The predicted molar refractivity (Wildman–Crippen MR) is 107 cm³/mol. The molecule has 7 heteroatoms. The zero-order chi connectivity index (χ0) is 20.4. The Kier molecular flexibility index (Phi) is 5.48. The van der Waals surface area contributed by atoms with E-state index >= 15 is 0 Å². The molecule has 1 aromatic carbocycles. The number of hydrogen-bond donors (Lipinski definition) is 1. The Morgan fingerprint density at radius 2 is 1.86 bits per heavy atom. The summed E-state index contributed by atoms with van der Waals surface area (Å²) >= 11 is 0. The summed E-state index contributed by atoms with van der Waals surface area (Å²) in [5.74, 6) is 0.348. The SMILES string of the molecule is Cc1ccc2c(c1)C(=O)N[C@@]1(CCC(=O)N(CC(=O)N3CCCCCC3)CC1)O2. The van der Waals surface area contributed by atoms with Crippen LogP contribution in [0.25, 0.3) is 0 Å². The average Bonchev–Trinajstić information content (AvgIpc) is 3.05. The molecule has 1 atom stereocenters. The number of carbonyl (C=O) groups excluding carboxylic acids is 3. The first-order valence-electron chi connectivity index (χ1n) is 10.6. The molecule has 7 nitrogen and oxygen atoms in total. The Balaban J connectivity index is 1.44. The van der Waals surface area contributed by atoms with E-state index in [1.165, 1.54) is 0 Å². The van der Waals surface area contributed by atoms with Crippen LogP contribution in [0.2, 0.25) is 0 Å². The van der Waals surface area contributed by atoms with Crippen LogP contribution >= 0.6 is 0 Å². The molecule has 3 amide bonds. The molecule has 4 rings (SSSR count). The van der Waals surface area contributed by atoms with Crippen molar-refractivity contribution in [1.82, 2.24) is 15.1 Å². The molecule has 2 saturated heterocycles. The first-order chi connectivity index (χ1) is 14.0. The summed E-state index contributed by atoms with van der Waals surface area (Å²) in [5, 5.41) is 2.99. The van der Waals surface area contributed by atoms with Gasteiger partial charge in [-0.3, -0.25) is 14.4 Å². The van der Waals surface area contributed by atoms with Gasteiger partial charge in [-0.05, 0) is 31.9 Å². The van der Waals surface area contributed by atoms with Crippen molar-refractivity contribution in [3.63, 3.8) is 0 Å². The molecule has 0 saturated carbocycles. The van der Waals surface area contributed by atoms with Crippen LogP contribution in [0, 0.1) is 6.92 Å². The summed E-state index contributed by atoms with van der Waals surface area (Å²) < 4.78 is 6.19. The molecule has 29 heavy (non-hydrogen) atoms. The lowest BCUT2D eigenvalue weighted by Gasteiger charge is -2.38. The Morgan fingerprint density at radius 1 is 1.10 bits per heavy atom. The average molecular weight is 399 g/mol. The maximum Gasteiger partial charge on any atom is 0.258 e. The van der Waals surface area contributed by atoms with Gasteiger partial charge in [0.1, 0.15) is 5.75 Å². The van der Waals surface area contributed by atoms with Crippen molar-refractivity contribution in [3.8, 4) is 5.75 Å². The highest BCUT2D eigenvalue weighted by atomic mass is 16.5. The number of rotatable bonds is 2. The van der Waals surface area contributed by atoms with E-state index in [1.54, 1.807) is 4.90 Å². The summed E-state index contributed by atoms with van der Waals surface area (Å²) in [7, 11) is 0. The first-order valence-corrected chi connectivity index (χ1v) is 10.6. The fourth-order valence-electron chi connectivity index (χ4n) is 4.43. The third kappa shape index (κ3) is 4.23. The van der Waals surface area contributed by atoms with Gasteiger partial charge in [0.05, 0.1) is 12.1 Å². The maximum atomic E-state index is 12.7. The van der Waals surface area contributed by atoms with Crippen LogP contribution in [-0.2, 0) is 9.59 Å². The minimum absolute atomic E-state index is 0.0191. The van der Waals surface area contributed by atoms with Gasteiger partial charge < -0.3 is 19.9 Å². The van der Waals surface area contributed by atoms with Gasteiger partial charge in [-0.1, -0.05) is 24.5 Å². The van der Waals surface area contributed by atoms with E-state index in [4.69, 9.17) is 4.74 Å². The molecule has 3 heterocycles. The quantitative estimate of drug-likeness (QED) is 0.827. The van der Waals surface area contributed by atoms with Gasteiger partial charge in [0.15, 0.2) is 5.72 Å². The summed E-state index contributed by atoms with van der Waals surface area (Å²) in [6.45, 7) is 3.99. The zero-order valence-electron chi connectivity index (χ0n) is 17.0. The highest BCUT2D eigenvalue weighted by molar-refractivity contribution is 5.98. The Morgan fingerprint density at radius 3 is 2.62 bits per heavy atom. The molecule has 0 radical (unpaired) electrons. The van der Waals surface area contributed by atoms with Gasteiger partial charge in [0, 0.05) is 38.9 Å². The highest BCUT2D eigenvalue weighted by Gasteiger charge is 2.43. The smallest absolute Gasteiger partial charge is 0.258 e. The number of aryl methyl sites for hydroxylation is 1. The van der Waals surface area contributed by atoms with E-state index in [1.807, 2.05) is 30.0 Å².